The Labute approximate surface area is 133 Å². The molecule has 1 aliphatic heterocycles. The zero-order chi connectivity index (χ0) is 16.2. The average Bonchev–Trinajstić information content (AvgIpc) is 2.87. The van der Waals surface area contributed by atoms with E-state index >= 15 is 0 Å². The Balaban J connectivity index is 1.63. The molecule has 1 amide bonds. The monoisotopic (exact) mass is 316 g/mol. The van der Waals surface area contributed by atoms with Crippen molar-refractivity contribution in [3.05, 3.63) is 48.0 Å². The molecule has 120 valence electrons. The minimum Gasteiger partial charge on any atom is -0.481 e. The quantitative estimate of drug-likeness (QED) is 0.911. The van der Waals surface area contributed by atoms with Crippen LogP contribution in [0.15, 0.2) is 36.7 Å². The van der Waals surface area contributed by atoms with Crippen LogP contribution in [0.1, 0.15) is 12.0 Å². The minimum atomic E-state index is -0.295. The lowest BCUT2D eigenvalue weighted by Crippen LogP contribution is -2.27. The van der Waals surface area contributed by atoms with Crippen LogP contribution in [0.4, 0.5) is 10.2 Å². The molecule has 0 aliphatic carbocycles. The summed E-state index contributed by atoms with van der Waals surface area (Å²) < 4.78 is 18.3. The number of carbonyl (C=O) groups excluding carboxylic acids is 1. The summed E-state index contributed by atoms with van der Waals surface area (Å²) >= 11 is 0. The highest BCUT2D eigenvalue weighted by molar-refractivity contribution is 5.80. The maximum atomic E-state index is 13.2. The van der Waals surface area contributed by atoms with Crippen LogP contribution in [-0.4, -0.2) is 40.5 Å². The lowest BCUT2D eigenvalue weighted by Gasteiger charge is -2.17. The number of aromatic nitrogens is 2. The summed E-state index contributed by atoms with van der Waals surface area (Å²) in [4.78, 5) is 21.9. The first-order valence-electron chi connectivity index (χ1n) is 7.29. The van der Waals surface area contributed by atoms with E-state index in [1.807, 2.05) is 6.07 Å². The van der Waals surface area contributed by atoms with Crippen LogP contribution in [0.25, 0.3) is 0 Å². The third-order valence-corrected chi connectivity index (χ3v) is 3.68. The molecule has 2 heterocycles. The molecule has 1 saturated heterocycles. The Morgan fingerprint density at radius 3 is 3.04 bits per heavy atom. The Kier molecular flexibility index (Phi) is 4.36. The van der Waals surface area contributed by atoms with Gasteiger partial charge in [-0.2, -0.15) is 0 Å². The molecule has 0 unspecified atom stereocenters. The number of carbonyl (C=O) groups is 1. The first-order chi connectivity index (χ1) is 11.1. The van der Waals surface area contributed by atoms with Crippen molar-refractivity contribution in [3.63, 3.8) is 0 Å². The molecular formula is C16H17FN4O2. The predicted molar refractivity (Wildman–Crippen MR) is 82.4 cm³/mol. The van der Waals surface area contributed by atoms with Crippen molar-refractivity contribution >= 4 is 11.7 Å². The van der Waals surface area contributed by atoms with E-state index in [2.05, 4.69) is 15.3 Å². The number of likely N-dealkylation sites (tertiary alicyclic amines) is 1. The van der Waals surface area contributed by atoms with E-state index in [1.165, 1.54) is 25.6 Å². The van der Waals surface area contributed by atoms with E-state index in [4.69, 9.17) is 4.74 Å². The third kappa shape index (κ3) is 3.74. The summed E-state index contributed by atoms with van der Waals surface area (Å²) in [7, 11) is 1.53. The van der Waals surface area contributed by atoms with E-state index in [1.54, 1.807) is 17.0 Å². The van der Waals surface area contributed by atoms with Gasteiger partial charge in [0.05, 0.1) is 13.2 Å². The zero-order valence-corrected chi connectivity index (χ0v) is 12.7. The van der Waals surface area contributed by atoms with Crippen molar-refractivity contribution in [2.24, 2.45) is 0 Å². The number of benzene rings is 1. The number of hydrogen-bond acceptors (Lipinski definition) is 5. The number of halogens is 1. The van der Waals surface area contributed by atoms with Crippen LogP contribution in [0.5, 0.6) is 5.88 Å². The Hall–Kier alpha value is -2.70. The SMILES string of the molecule is COc1cc(N[C@H]2CC(=O)N(Cc3cccc(F)c3)C2)ncn1. The fourth-order valence-corrected chi connectivity index (χ4v) is 2.62. The molecule has 1 aromatic heterocycles. The third-order valence-electron chi connectivity index (χ3n) is 3.68. The van der Waals surface area contributed by atoms with Crippen molar-refractivity contribution in [1.82, 2.24) is 14.9 Å². The standard InChI is InChI=1S/C16H17FN4O2/c1-23-15-7-14(18-10-19-15)20-13-6-16(22)21(9-13)8-11-3-2-4-12(17)5-11/h2-5,7,10,13H,6,8-9H2,1H3,(H,18,19,20)/t13-/m0/s1. The lowest BCUT2D eigenvalue weighted by molar-refractivity contribution is -0.128. The van der Waals surface area contributed by atoms with Crippen molar-refractivity contribution in [3.8, 4) is 5.88 Å². The molecule has 1 atom stereocenters. The van der Waals surface area contributed by atoms with Gasteiger partial charge in [0, 0.05) is 25.6 Å². The van der Waals surface area contributed by atoms with Gasteiger partial charge < -0.3 is 15.0 Å². The van der Waals surface area contributed by atoms with Gasteiger partial charge in [-0.05, 0) is 17.7 Å². The highest BCUT2D eigenvalue weighted by Gasteiger charge is 2.29. The topological polar surface area (TPSA) is 67.3 Å². The fraction of sp³-hybridized carbons (Fsp3) is 0.312. The molecule has 0 saturated carbocycles. The van der Waals surface area contributed by atoms with Crippen LogP contribution < -0.4 is 10.1 Å². The lowest BCUT2D eigenvalue weighted by atomic mass is 10.2. The van der Waals surface area contributed by atoms with Gasteiger partial charge >= 0.3 is 0 Å². The van der Waals surface area contributed by atoms with Gasteiger partial charge in [-0.3, -0.25) is 4.79 Å². The van der Waals surface area contributed by atoms with Crippen molar-refractivity contribution in [2.75, 3.05) is 19.0 Å². The van der Waals surface area contributed by atoms with E-state index in [9.17, 15) is 9.18 Å². The van der Waals surface area contributed by atoms with E-state index in [0.29, 0.717) is 31.2 Å². The Morgan fingerprint density at radius 2 is 2.26 bits per heavy atom. The molecule has 23 heavy (non-hydrogen) atoms. The molecule has 3 rings (SSSR count). The predicted octanol–water partition coefficient (Wildman–Crippen LogP) is 1.84. The average molecular weight is 316 g/mol. The summed E-state index contributed by atoms with van der Waals surface area (Å²) in [5, 5.41) is 3.21. The van der Waals surface area contributed by atoms with Crippen molar-refractivity contribution < 1.29 is 13.9 Å². The smallest absolute Gasteiger partial charge is 0.225 e. The van der Waals surface area contributed by atoms with Crippen LogP contribution in [0.3, 0.4) is 0 Å². The van der Waals surface area contributed by atoms with Gasteiger partial charge in [0.2, 0.25) is 11.8 Å². The minimum absolute atomic E-state index is 0.0350. The summed E-state index contributed by atoms with van der Waals surface area (Å²) in [6.07, 6.45) is 1.78. The second-order valence-electron chi connectivity index (χ2n) is 5.40. The Bertz CT molecular complexity index is 710. The molecular weight excluding hydrogens is 299 g/mol. The number of ether oxygens (including phenoxy) is 1. The number of amides is 1. The van der Waals surface area contributed by atoms with Gasteiger partial charge in [0.25, 0.3) is 0 Å². The second kappa shape index (κ2) is 6.60. The maximum absolute atomic E-state index is 13.2. The van der Waals surface area contributed by atoms with E-state index in [-0.39, 0.29) is 17.8 Å². The molecule has 2 aromatic rings. The molecule has 1 aromatic carbocycles. The highest BCUT2D eigenvalue weighted by atomic mass is 19.1. The largest absolute Gasteiger partial charge is 0.481 e. The summed E-state index contributed by atoms with van der Waals surface area (Å²) in [5.41, 5.74) is 0.780. The summed E-state index contributed by atoms with van der Waals surface area (Å²) in [6, 6.07) is 7.93. The normalized spacial score (nSPS) is 17.4. The van der Waals surface area contributed by atoms with Gasteiger partial charge in [0.1, 0.15) is 18.0 Å². The number of rotatable bonds is 5. The van der Waals surface area contributed by atoms with Crippen LogP contribution >= 0.6 is 0 Å². The molecule has 1 fully saturated rings. The van der Waals surface area contributed by atoms with Crippen molar-refractivity contribution in [1.29, 1.82) is 0 Å². The molecule has 0 radical (unpaired) electrons. The maximum Gasteiger partial charge on any atom is 0.225 e. The van der Waals surface area contributed by atoms with Gasteiger partial charge in [-0.15, -0.1) is 0 Å². The molecule has 1 aliphatic rings. The summed E-state index contributed by atoms with van der Waals surface area (Å²) in [6.45, 7) is 0.948. The summed E-state index contributed by atoms with van der Waals surface area (Å²) in [5.74, 6) is 0.815. The highest BCUT2D eigenvalue weighted by Crippen LogP contribution is 2.19. The van der Waals surface area contributed by atoms with E-state index < -0.39 is 0 Å². The van der Waals surface area contributed by atoms with Crippen LogP contribution in [0, 0.1) is 5.82 Å². The molecule has 7 heteroatoms. The van der Waals surface area contributed by atoms with Crippen LogP contribution in [0.2, 0.25) is 0 Å². The number of anilines is 1. The van der Waals surface area contributed by atoms with Crippen LogP contribution in [-0.2, 0) is 11.3 Å². The first kappa shape index (κ1) is 15.2. The number of nitrogens with zero attached hydrogens (tertiary/aromatic N) is 3. The van der Waals surface area contributed by atoms with Gasteiger partial charge in [0.15, 0.2) is 0 Å². The molecule has 6 nitrogen and oxygen atoms in total. The first-order valence-corrected chi connectivity index (χ1v) is 7.29. The second-order valence-corrected chi connectivity index (χ2v) is 5.40. The van der Waals surface area contributed by atoms with Gasteiger partial charge in [-0.25, -0.2) is 14.4 Å². The molecule has 0 spiro atoms. The van der Waals surface area contributed by atoms with Crippen molar-refractivity contribution in [2.45, 2.75) is 19.0 Å². The fourth-order valence-electron chi connectivity index (χ4n) is 2.62. The number of nitrogens with one attached hydrogen (secondary N) is 1. The van der Waals surface area contributed by atoms with Gasteiger partial charge in [-0.1, -0.05) is 12.1 Å². The van der Waals surface area contributed by atoms with E-state index in [0.717, 1.165) is 5.56 Å². The molecule has 0 bridgehead atoms. The zero-order valence-electron chi connectivity index (χ0n) is 12.7. The molecule has 1 N–H and O–H groups in total. The Morgan fingerprint density at radius 1 is 1.39 bits per heavy atom. The number of hydrogen-bond donors (Lipinski definition) is 1. The number of methoxy groups -OCH3 is 1.